The van der Waals surface area contributed by atoms with E-state index in [1.165, 1.54) is 36.9 Å². The van der Waals surface area contributed by atoms with Crippen molar-refractivity contribution in [2.45, 2.75) is 37.8 Å². The lowest BCUT2D eigenvalue weighted by Gasteiger charge is -2.28. The largest absolute Gasteiger partial charge is 0.383 e. The fourth-order valence-electron chi connectivity index (χ4n) is 2.86. The molecule has 0 aromatic heterocycles. The number of benzene rings is 1. The number of fused-ring (bicyclic) bond motifs is 1. The molecule has 2 N–H and O–H groups in total. The first-order chi connectivity index (χ1) is 7.38. The van der Waals surface area contributed by atoms with E-state index >= 15 is 0 Å². The zero-order valence-electron chi connectivity index (χ0n) is 9.05. The maximum Gasteiger partial charge on any atom is 0.0386 e. The molecule has 0 atom stereocenters. The molecule has 2 heteroatoms. The molecule has 1 aromatic rings. The van der Waals surface area contributed by atoms with Gasteiger partial charge < -0.3 is 10.6 Å². The van der Waals surface area contributed by atoms with Crippen LogP contribution in [0.1, 0.15) is 31.2 Å². The van der Waals surface area contributed by atoms with Gasteiger partial charge in [-0.1, -0.05) is 31.0 Å². The molecule has 1 aliphatic heterocycles. The van der Waals surface area contributed by atoms with Gasteiger partial charge >= 0.3 is 0 Å². The highest BCUT2D eigenvalue weighted by Crippen LogP contribution is 2.32. The Balaban J connectivity index is 1.85. The summed E-state index contributed by atoms with van der Waals surface area (Å²) in [5.74, 6) is 0. The van der Waals surface area contributed by atoms with E-state index in [4.69, 9.17) is 0 Å². The number of anilines is 1. The van der Waals surface area contributed by atoms with E-state index in [0.29, 0.717) is 5.54 Å². The molecule has 1 spiro atoms. The SMILES string of the molecule is c1ccc2c(c1)CNC1(CCCC1)CN2. The molecule has 15 heavy (non-hydrogen) atoms. The lowest BCUT2D eigenvalue weighted by Crippen LogP contribution is -2.46. The summed E-state index contributed by atoms with van der Waals surface area (Å²) in [5, 5.41) is 7.35. The van der Waals surface area contributed by atoms with E-state index < -0.39 is 0 Å². The standard InChI is InChI=1S/C13H18N2/c1-2-6-12-11(5-1)9-15-13(10-14-12)7-3-4-8-13/h1-2,5-6,14-15H,3-4,7-10H2. The molecule has 3 rings (SSSR count). The molecule has 2 nitrogen and oxygen atoms in total. The number of rotatable bonds is 0. The Bertz CT molecular complexity index is 324. The van der Waals surface area contributed by atoms with Gasteiger partial charge in [-0.25, -0.2) is 0 Å². The normalized spacial score (nSPS) is 23.2. The summed E-state index contributed by atoms with van der Waals surface area (Å²) in [4.78, 5) is 0. The smallest absolute Gasteiger partial charge is 0.0386 e. The third-order valence-corrected chi connectivity index (χ3v) is 3.85. The van der Waals surface area contributed by atoms with Gasteiger partial charge in [-0.15, -0.1) is 0 Å². The number of hydrogen-bond acceptors (Lipinski definition) is 2. The van der Waals surface area contributed by atoms with Gasteiger partial charge in [0.05, 0.1) is 0 Å². The quantitative estimate of drug-likeness (QED) is 0.675. The van der Waals surface area contributed by atoms with E-state index in [-0.39, 0.29) is 0 Å². The fraction of sp³-hybridized carbons (Fsp3) is 0.538. The first-order valence-corrected chi connectivity index (χ1v) is 5.95. The molecule has 80 valence electrons. The van der Waals surface area contributed by atoms with Crippen molar-refractivity contribution in [1.82, 2.24) is 5.32 Å². The third-order valence-electron chi connectivity index (χ3n) is 3.85. The number of nitrogens with one attached hydrogen (secondary N) is 2. The molecule has 1 heterocycles. The van der Waals surface area contributed by atoms with Gasteiger partial charge in [0.2, 0.25) is 0 Å². The first-order valence-electron chi connectivity index (χ1n) is 5.95. The summed E-state index contributed by atoms with van der Waals surface area (Å²) in [5.41, 5.74) is 3.09. The minimum absolute atomic E-state index is 0.374. The highest BCUT2D eigenvalue weighted by molar-refractivity contribution is 5.52. The maximum atomic E-state index is 3.75. The van der Waals surface area contributed by atoms with Crippen molar-refractivity contribution in [3.63, 3.8) is 0 Å². The molecule has 0 amide bonds. The molecule has 1 aromatic carbocycles. The Morgan fingerprint density at radius 2 is 1.87 bits per heavy atom. The van der Waals surface area contributed by atoms with Gasteiger partial charge in [0, 0.05) is 24.3 Å². The molecule has 1 aliphatic carbocycles. The Hall–Kier alpha value is -1.02. The summed E-state index contributed by atoms with van der Waals surface area (Å²) in [6, 6.07) is 8.63. The minimum atomic E-state index is 0.374. The van der Waals surface area contributed by atoms with E-state index in [1.54, 1.807) is 0 Å². The van der Waals surface area contributed by atoms with Gasteiger partial charge in [-0.3, -0.25) is 0 Å². The monoisotopic (exact) mass is 202 g/mol. The van der Waals surface area contributed by atoms with Crippen molar-refractivity contribution in [1.29, 1.82) is 0 Å². The van der Waals surface area contributed by atoms with Crippen molar-refractivity contribution in [2.24, 2.45) is 0 Å². The minimum Gasteiger partial charge on any atom is -0.383 e. The van der Waals surface area contributed by atoms with Crippen molar-refractivity contribution in [3.8, 4) is 0 Å². The number of hydrogen-bond donors (Lipinski definition) is 2. The van der Waals surface area contributed by atoms with E-state index in [0.717, 1.165) is 13.1 Å². The fourth-order valence-corrected chi connectivity index (χ4v) is 2.86. The van der Waals surface area contributed by atoms with E-state index in [2.05, 4.69) is 34.9 Å². The van der Waals surface area contributed by atoms with Crippen LogP contribution in [0, 0.1) is 0 Å². The maximum absolute atomic E-state index is 3.75. The van der Waals surface area contributed by atoms with Crippen molar-refractivity contribution >= 4 is 5.69 Å². The average Bonchev–Trinajstić information content (AvgIpc) is 2.65. The van der Waals surface area contributed by atoms with Gasteiger partial charge in [0.15, 0.2) is 0 Å². The second-order valence-corrected chi connectivity index (χ2v) is 4.85. The highest BCUT2D eigenvalue weighted by atomic mass is 15.1. The first kappa shape index (κ1) is 9.22. The molecular weight excluding hydrogens is 184 g/mol. The number of para-hydroxylation sites is 1. The third kappa shape index (κ3) is 1.63. The van der Waals surface area contributed by atoms with Crippen LogP contribution in [0.15, 0.2) is 24.3 Å². The Labute approximate surface area is 91.1 Å². The predicted octanol–water partition coefficient (Wildman–Crippen LogP) is 2.51. The van der Waals surface area contributed by atoms with Gasteiger partial charge in [-0.05, 0) is 24.5 Å². The van der Waals surface area contributed by atoms with Crippen molar-refractivity contribution in [3.05, 3.63) is 29.8 Å². The van der Waals surface area contributed by atoms with Crippen LogP contribution < -0.4 is 10.6 Å². The topological polar surface area (TPSA) is 24.1 Å². The summed E-state index contributed by atoms with van der Waals surface area (Å²) >= 11 is 0. The highest BCUT2D eigenvalue weighted by Gasteiger charge is 2.34. The summed E-state index contributed by atoms with van der Waals surface area (Å²) in [7, 11) is 0. The van der Waals surface area contributed by atoms with Crippen LogP contribution in [0.5, 0.6) is 0 Å². The second-order valence-electron chi connectivity index (χ2n) is 4.85. The van der Waals surface area contributed by atoms with Crippen LogP contribution in [-0.2, 0) is 6.54 Å². The van der Waals surface area contributed by atoms with Crippen molar-refractivity contribution in [2.75, 3.05) is 11.9 Å². The Morgan fingerprint density at radius 1 is 1.07 bits per heavy atom. The van der Waals surface area contributed by atoms with E-state index in [1.807, 2.05) is 0 Å². The second kappa shape index (κ2) is 3.53. The molecular formula is C13H18N2. The summed E-state index contributed by atoms with van der Waals surface area (Å²) in [6.07, 6.45) is 5.41. The van der Waals surface area contributed by atoms with Crippen molar-refractivity contribution < 1.29 is 0 Å². The van der Waals surface area contributed by atoms with Gasteiger partial charge in [-0.2, -0.15) is 0 Å². The average molecular weight is 202 g/mol. The molecule has 0 unspecified atom stereocenters. The summed E-state index contributed by atoms with van der Waals surface area (Å²) < 4.78 is 0. The molecule has 2 aliphatic rings. The summed E-state index contributed by atoms with van der Waals surface area (Å²) in [6.45, 7) is 2.10. The van der Waals surface area contributed by atoms with Crippen LogP contribution in [0.25, 0.3) is 0 Å². The van der Waals surface area contributed by atoms with Gasteiger partial charge in [0.25, 0.3) is 0 Å². The van der Waals surface area contributed by atoms with Crippen LogP contribution >= 0.6 is 0 Å². The zero-order valence-corrected chi connectivity index (χ0v) is 9.05. The van der Waals surface area contributed by atoms with Crippen LogP contribution in [-0.4, -0.2) is 12.1 Å². The Kier molecular flexibility index (Phi) is 2.17. The van der Waals surface area contributed by atoms with Crippen LogP contribution in [0.2, 0.25) is 0 Å². The molecule has 0 bridgehead atoms. The molecule has 1 fully saturated rings. The zero-order chi connectivity index (χ0) is 10.1. The van der Waals surface area contributed by atoms with Crippen LogP contribution in [0.4, 0.5) is 5.69 Å². The van der Waals surface area contributed by atoms with Crippen LogP contribution in [0.3, 0.4) is 0 Å². The van der Waals surface area contributed by atoms with Gasteiger partial charge in [0.1, 0.15) is 0 Å². The Morgan fingerprint density at radius 3 is 2.73 bits per heavy atom. The molecule has 0 saturated heterocycles. The molecule has 0 radical (unpaired) electrons. The van der Waals surface area contributed by atoms with E-state index in [9.17, 15) is 0 Å². The lowest BCUT2D eigenvalue weighted by atomic mass is 9.98. The predicted molar refractivity (Wildman–Crippen MR) is 63.0 cm³/mol. The molecule has 1 saturated carbocycles. The lowest BCUT2D eigenvalue weighted by molar-refractivity contribution is 0.354.